The van der Waals surface area contributed by atoms with E-state index in [4.69, 9.17) is 15.4 Å². The molecular weight excluding hydrogens is 272 g/mol. The number of ether oxygens (including phenoxy) is 1. The van der Waals surface area contributed by atoms with Crippen molar-refractivity contribution in [1.82, 2.24) is 0 Å². The Labute approximate surface area is 114 Å². The van der Waals surface area contributed by atoms with Gasteiger partial charge in [0.1, 0.15) is 5.75 Å². The van der Waals surface area contributed by atoms with Gasteiger partial charge >= 0.3 is 0 Å². The second kappa shape index (κ2) is 5.93. The fraction of sp³-hybridized carbons (Fsp3) is 0.538. The molecule has 0 amide bonds. The Hall–Kier alpha value is -0.740. The summed E-state index contributed by atoms with van der Waals surface area (Å²) < 4.78 is 27.6. The molecule has 1 rings (SSSR count). The molecule has 0 aliphatic rings. The first-order valence-electron chi connectivity index (χ1n) is 5.82. The van der Waals surface area contributed by atoms with Gasteiger partial charge in [-0.3, -0.25) is 0 Å². The fourth-order valence-electron chi connectivity index (χ4n) is 1.77. The maximum absolute atomic E-state index is 10.9. The first kappa shape index (κ1) is 15.3. The van der Waals surface area contributed by atoms with E-state index >= 15 is 0 Å². The second-order valence-corrected chi connectivity index (χ2v) is 7.65. The van der Waals surface area contributed by atoms with E-state index < -0.39 is 9.05 Å². The molecule has 0 saturated carbocycles. The van der Waals surface area contributed by atoms with E-state index in [0.717, 1.165) is 16.9 Å². The van der Waals surface area contributed by atoms with E-state index in [2.05, 4.69) is 6.07 Å². The molecule has 5 heteroatoms. The van der Waals surface area contributed by atoms with Gasteiger partial charge in [0.25, 0.3) is 0 Å². The molecule has 0 bridgehead atoms. The summed E-state index contributed by atoms with van der Waals surface area (Å²) in [7, 11) is 1.75. The molecule has 0 aromatic heterocycles. The summed E-state index contributed by atoms with van der Waals surface area (Å²) in [6.45, 7) is 8.18. The predicted molar refractivity (Wildman–Crippen MR) is 75.0 cm³/mol. The van der Waals surface area contributed by atoms with Crippen molar-refractivity contribution in [3.63, 3.8) is 0 Å². The van der Waals surface area contributed by atoms with Gasteiger partial charge in [0.05, 0.1) is 12.4 Å². The molecule has 1 aromatic rings. The molecule has 0 fully saturated rings. The van der Waals surface area contributed by atoms with Crippen LogP contribution >= 0.6 is 10.7 Å². The van der Waals surface area contributed by atoms with Crippen LogP contribution in [0.4, 0.5) is 0 Å². The first-order valence-corrected chi connectivity index (χ1v) is 8.30. The van der Waals surface area contributed by atoms with Crippen LogP contribution in [-0.4, -0.2) is 20.8 Å². The number of benzene rings is 1. The Kier molecular flexibility index (Phi) is 5.05. The van der Waals surface area contributed by atoms with Crippen LogP contribution in [0.25, 0.3) is 0 Å². The molecule has 3 nitrogen and oxygen atoms in total. The van der Waals surface area contributed by atoms with Crippen molar-refractivity contribution in [3.8, 4) is 5.75 Å². The largest absolute Gasteiger partial charge is 0.493 e. The van der Waals surface area contributed by atoms with E-state index in [9.17, 15) is 8.42 Å². The van der Waals surface area contributed by atoms with Gasteiger partial charge < -0.3 is 4.74 Å². The molecule has 0 spiro atoms. The molecule has 102 valence electrons. The molecule has 0 saturated heterocycles. The highest BCUT2D eigenvalue weighted by atomic mass is 35.7. The van der Waals surface area contributed by atoms with Crippen LogP contribution in [0, 0.1) is 26.7 Å². The van der Waals surface area contributed by atoms with Gasteiger partial charge in [-0.15, -0.1) is 0 Å². The smallest absolute Gasteiger partial charge is 0.232 e. The van der Waals surface area contributed by atoms with Gasteiger partial charge in [-0.1, -0.05) is 13.0 Å². The van der Waals surface area contributed by atoms with Crippen molar-refractivity contribution in [1.29, 1.82) is 0 Å². The minimum atomic E-state index is -3.46. The molecule has 0 aliphatic heterocycles. The lowest BCUT2D eigenvalue weighted by Gasteiger charge is -2.15. The fourth-order valence-corrected chi connectivity index (χ4v) is 3.19. The quantitative estimate of drug-likeness (QED) is 0.782. The molecule has 18 heavy (non-hydrogen) atoms. The second-order valence-electron chi connectivity index (χ2n) is 4.83. The lowest BCUT2D eigenvalue weighted by Crippen LogP contribution is -2.17. The van der Waals surface area contributed by atoms with E-state index in [1.54, 1.807) is 6.92 Å². The van der Waals surface area contributed by atoms with Crippen LogP contribution < -0.4 is 4.74 Å². The molecule has 1 aromatic carbocycles. The number of aryl methyl sites for hydroxylation is 2. The monoisotopic (exact) mass is 290 g/mol. The van der Waals surface area contributed by atoms with Crippen LogP contribution in [0.15, 0.2) is 12.1 Å². The Morgan fingerprint density at radius 3 is 2.44 bits per heavy atom. The van der Waals surface area contributed by atoms with Crippen molar-refractivity contribution < 1.29 is 13.2 Å². The summed E-state index contributed by atoms with van der Waals surface area (Å²) in [5.74, 6) is 0.609. The van der Waals surface area contributed by atoms with Crippen LogP contribution in [0.1, 0.15) is 23.6 Å². The van der Waals surface area contributed by atoms with Gasteiger partial charge in [-0.2, -0.15) is 0 Å². The number of halogens is 1. The number of hydrogen-bond donors (Lipinski definition) is 0. The Morgan fingerprint density at radius 1 is 1.28 bits per heavy atom. The van der Waals surface area contributed by atoms with Crippen LogP contribution in [0.2, 0.25) is 0 Å². The van der Waals surface area contributed by atoms with Crippen molar-refractivity contribution in [3.05, 3.63) is 28.8 Å². The molecule has 1 atom stereocenters. The Morgan fingerprint density at radius 2 is 1.89 bits per heavy atom. The number of rotatable bonds is 5. The summed E-state index contributed by atoms with van der Waals surface area (Å²) in [6, 6.07) is 4.05. The summed E-state index contributed by atoms with van der Waals surface area (Å²) in [4.78, 5) is 0. The third kappa shape index (κ3) is 4.86. The predicted octanol–water partition coefficient (Wildman–Crippen LogP) is 3.20. The van der Waals surface area contributed by atoms with Crippen molar-refractivity contribution in [2.24, 2.45) is 5.92 Å². The van der Waals surface area contributed by atoms with E-state index in [-0.39, 0.29) is 11.7 Å². The van der Waals surface area contributed by atoms with Crippen LogP contribution in [0.5, 0.6) is 5.75 Å². The summed E-state index contributed by atoms with van der Waals surface area (Å²) >= 11 is 0. The van der Waals surface area contributed by atoms with Crippen molar-refractivity contribution >= 4 is 19.7 Å². The highest BCUT2D eigenvalue weighted by Gasteiger charge is 2.14. The van der Waals surface area contributed by atoms with Gasteiger partial charge in [-0.05, 0) is 43.5 Å². The van der Waals surface area contributed by atoms with E-state index in [1.807, 2.05) is 26.8 Å². The molecule has 0 aliphatic carbocycles. The lowest BCUT2D eigenvalue weighted by atomic mass is 10.1. The SMILES string of the molecule is Cc1cc(C)c(C)c(OCC(C)CS(=O)(=O)Cl)c1. The molecular formula is C13H19ClO3S. The zero-order valence-electron chi connectivity index (χ0n) is 11.2. The van der Waals surface area contributed by atoms with E-state index in [1.165, 1.54) is 5.56 Å². The van der Waals surface area contributed by atoms with Crippen LogP contribution in [-0.2, 0) is 9.05 Å². The molecule has 0 N–H and O–H groups in total. The highest BCUT2D eigenvalue weighted by molar-refractivity contribution is 8.13. The molecule has 0 radical (unpaired) electrons. The average molecular weight is 291 g/mol. The molecule has 1 unspecified atom stereocenters. The summed E-state index contributed by atoms with van der Waals surface area (Å²) in [5, 5.41) is 0. The van der Waals surface area contributed by atoms with Gasteiger partial charge in [-0.25, -0.2) is 8.42 Å². The Balaban J connectivity index is 2.69. The Bertz CT molecular complexity index is 523. The summed E-state index contributed by atoms with van der Waals surface area (Å²) in [6.07, 6.45) is 0. The van der Waals surface area contributed by atoms with Crippen molar-refractivity contribution in [2.45, 2.75) is 27.7 Å². The minimum absolute atomic E-state index is 0.0710. The summed E-state index contributed by atoms with van der Waals surface area (Å²) in [5.41, 5.74) is 3.38. The van der Waals surface area contributed by atoms with Crippen LogP contribution in [0.3, 0.4) is 0 Å². The standard InChI is InChI=1S/C13H19ClO3S/c1-9-5-11(3)12(4)13(6-9)17-7-10(2)8-18(14,15)16/h5-6,10H,7-8H2,1-4H3. The molecule has 0 heterocycles. The maximum atomic E-state index is 10.9. The normalized spacial score (nSPS) is 13.4. The van der Waals surface area contributed by atoms with Gasteiger partial charge in [0, 0.05) is 16.6 Å². The topological polar surface area (TPSA) is 43.4 Å². The van der Waals surface area contributed by atoms with Gasteiger partial charge in [0.2, 0.25) is 9.05 Å². The minimum Gasteiger partial charge on any atom is -0.493 e. The maximum Gasteiger partial charge on any atom is 0.232 e. The number of hydrogen-bond acceptors (Lipinski definition) is 3. The average Bonchev–Trinajstić information content (AvgIpc) is 2.18. The van der Waals surface area contributed by atoms with Gasteiger partial charge in [0.15, 0.2) is 0 Å². The third-order valence-corrected chi connectivity index (χ3v) is 4.12. The zero-order chi connectivity index (χ0) is 13.9. The lowest BCUT2D eigenvalue weighted by molar-refractivity contribution is 0.270. The highest BCUT2D eigenvalue weighted by Crippen LogP contribution is 2.24. The third-order valence-electron chi connectivity index (χ3n) is 2.77. The zero-order valence-corrected chi connectivity index (χ0v) is 12.7. The first-order chi connectivity index (χ1) is 8.19. The van der Waals surface area contributed by atoms with Crippen molar-refractivity contribution in [2.75, 3.05) is 12.4 Å². The van der Waals surface area contributed by atoms with E-state index in [0.29, 0.717) is 6.61 Å².